The summed E-state index contributed by atoms with van der Waals surface area (Å²) in [4.78, 5) is 14.9. The summed E-state index contributed by atoms with van der Waals surface area (Å²) < 4.78 is 2.08. The quantitative estimate of drug-likeness (QED) is 0.506. The van der Waals surface area contributed by atoms with E-state index in [1.54, 1.807) is 16.7 Å². The van der Waals surface area contributed by atoms with E-state index in [0.29, 0.717) is 28.2 Å². The highest BCUT2D eigenvalue weighted by Gasteiger charge is 2.13. The van der Waals surface area contributed by atoms with Crippen molar-refractivity contribution in [2.75, 3.05) is 7.05 Å². The van der Waals surface area contributed by atoms with Crippen molar-refractivity contribution in [2.45, 2.75) is 39.5 Å². The third kappa shape index (κ3) is 5.56. The first-order valence-electron chi connectivity index (χ1n) is 9.80. The SMILES string of the molecule is CC(C)N(C)Cc1ccccc1CNC(=O)Cn1c(-c2ccc(Cl)cc2)n[nH]c1=S. The molecule has 3 aromatic rings. The smallest absolute Gasteiger partial charge is 0.240 e. The monoisotopic (exact) mass is 443 g/mol. The zero-order valence-electron chi connectivity index (χ0n) is 17.4. The second-order valence-corrected chi connectivity index (χ2v) is 8.32. The maximum Gasteiger partial charge on any atom is 0.240 e. The van der Waals surface area contributed by atoms with Crippen molar-refractivity contribution in [1.82, 2.24) is 25.0 Å². The van der Waals surface area contributed by atoms with Gasteiger partial charge in [0.1, 0.15) is 6.54 Å². The highest BCUT2D eigenvalue weighted by Crippen LogP contribution is 2.20. The summed E-state index contributed by atoms with van der Waals surface area (Å²) in [5, 5.41) is 10.7. The maximum absolute atomic E-state index is 12.7. The van der Waals surface area contributed by atoms with Gasteiger partial charge in [-0.05, 0) is 68.5 Å². The molecule has 0 spiro atoms. The van der Waals surface area contributed by atoms with E-state index in [-0.39, 0.29) is 12.5 Å². The minimum Gasteiger partial charge on any atom is -0.350 e. The van der Waals surface area contributed by atoms with Crippen molar-refractivity contribution >= 4 is 29.7 Å². The van der Waals surface area contributed by atoms with Crippen molar-refractivity contribution in [3.8, 4) is 11.4 Å². The molecule has 158 valence electrons. The number of hydrogen-bond donors (Lipinski definition) is 2. The van der Waals surface area contributed by atoms with Gasteiger partial charge >= 0.3 is 0 Å². The number of rotatable bonds is 8. The molecule has 30 heavy (non-hydrogen) atoms. The molecule has 0 fully saturated rings. The van der Waals surface area contributed by atoms with Crippen molar-refractivity contribution in [2.24, 2.45) is 0 Å². The topological polar surface area (TPSA) is 66.0 Å². The van der Waals surface area contributed by atoms with Crippen LogP contribution in [0, 0.1) is 4.77 Å². The molecule has 2 aromatic carbocycles. The van der Waals surface area contributed by atoms with Crippen molar-refractivity contribution < 1.29 is 4.79 Å². The summed E-state index contributed by atoms with van der Waals surface area (Å²) in [5.41, 5.74) is 3.14. The first-order valence-corrected chi connectivity index (χ1v) is 10.6. The Balaban J connectivity index is 1.69. The van der Waals surface area contributed by atoms with Crippen molar-refractivity contribution in [3.05, 3.63) is 69.5 Å². The van der Waals surface area contributed by atoms with Crippen LogP contribution in [-0.2, 0) is 24.4 Å². The Morgan fingerprint density at radius 3 is 2.53 bits per heavy atom. The zero-order chi connectivity index (χ0) is 21.7. The van der Waals surface area contributed by atoms with E-state index >= 15 is 0 Å². The number of amides is 1. The van der Waals surface area contributed by atoms with Crippen LogP contribution in [0.2, 0.25) is 5.02 Å². The number of halogens is 1. The van der Waals surface area contributed by atoms with Crippen molar-refractivity contribution in [3.63, 3.8) is 0 Å². The van der Waals surface area contributed by atoms with E-state index in [1.165, 1.54) is 5.56 Å². The minimum absolute atomic E-state index is 0.0847. The van der Waals surface area contributed by atoms with E-state index in [0.717, 1.165) is 17.7 Å². The van der Waals surface area contributed by atoms with Gasteiger partial charge in [0, 0.05) is 29.7 Å². The van der Waals surface area contributed by atoms with E-state index in [4.69, 9.17) is 23.8 Å². The van der Waals surface area contributed by atoms with Gasteiger partial charge in [-0.3, -0.25) is 19.4 Å². The van der Waals surface area contributed by atoms with Crippen molar-refractivity contribution in [1.29, 1.82) is 0 Å². The lowest BCUT2D eigenvalue weighted by molar-refractivity contribution is -0.121. The number of carbonyl (C=O) groups excluding carboxylic acids is 1. The van der Waals surface area contributed by atoms with Gasteiger partial charge < -0.3 is 5.32 Å². The third-order valence-electron chi connectivity index (χ3n) is 5.06. The van der Waals surface area contributed by atoms with Gasteiger partial charge in [0.2, 0.25) is 5.91 Å². The van der Waals surface area contributed by atoms with Crippen LogP contribution in [0.15, 0.2) is 48.5 Å². The molecule has 6 nitrogen and oxygen atoms in total. The molecule has 0 aliphatic carbocycles. The Labute approximate surface area is 186 Å². The van der Waals surface area contributed by atoms with Crippen LogP contribution in [0.5, 0.6) is 0 Å². The summed E-state index contributed by atoms with van der Waals surface area (Å²) in [6.07, 6.45) is 0. The highest BCUT2D eigenvalue weighted by molar-refractivity contribution is 7.71. The number of nitrogens with one attached hydrogen (secondary N) is 2. The number of nitrogens with zero attached hydrogens (tertiary/aromatic N) is 3. The first-order chi connectivity index (χ1) is 14.3. The molecule has 0 radical (unpaired) electrons. The Hall–Kier alpha value is -2.48. The molecule has 0 saturated heterocycles. The highest BCUT2D eigenvalue weighted by atomic mass is 35.5. The Bertz CT molecular complexity index is 1060. The zero-order valence-corrected chi connectivity index (χ0v) is 18.9. The van der Waals surface area contributed by atoms with E-state index in [9.17, 15) is 4.79 Å². The normalized spacial score (nSPS) is 11.3. The largest absolute Gasteiger partial charge is 0.350 e. The minimum atomic E-state index is -0.130. The summed E-state index contributed by atoms with van der Waals surface area (Å²) in [6, 6.07) is 15.9. The fraction of sp³-hybridized carbons (Fsp3) is 0.318. The first kappa shape index (κ1) is 22.2. The molecular weight excluding hydrogens is 418 g/mol. The second kappa shape index (κ2) is 10.0. The molecule has 1 heterocycles. The molecule has 3 rings (SSSR count). The van der Waals surface area contributed by atoms with Gasteiger partial charge in [0.15, 0.2) is 10.6 Å². The lowest BCUT2D eigenvalue weighted by atomic mass is 10.1. The molecule has 1 aromatic heterocycles. The lowest BCUT2D eigenvalue weighted by Crippen LogP contribution is -2.29. The predicted octanol–water partition coefficient (Wildman–Crippen LogP) is 4.42. The van der Waals surface area contributed by atoms with Gasteiger partial charge in [-0.1, -0.05) is 35.9 Å². The van der Waals surface area contributed by atoms with Crippen LogP contribution >= 0.6 is 23.8 Å². The number of benzene rings is 2. The predicted molar refractivity (Wildman–Crippen MR) is 123 cm³/mol. The molecular formula is C22H26ClN5OS. The van der Waals surface area contributed by atoms with Crippen LogP contribution < -0.4 is 5.32 Å². The molecule has 0 atom stereocenters. The number of H-pyrrole nitrogens is 1. The lowest BCUT2D eigenvalue weighted by Gasteiger charge is -2.22. The van der Waals surface area contributed by atoms with Gasteiger partial charge in [0.05, 0.1) is 0 Å². The molecule has 0 saturated carbocycles. The van der Waals surface area contributed by atoms with Crippen LogP contribution in [-0.4, -0.2) is 38.7 Å². The summed E-state index contributed by atoms with van der Waals surface area (Å²) in [5.74, 6) is 0.473. The molecule has 0 aliphatic rings. The standard InChI is InChI=1S/C22H26ClN5OS/c1-15(2)27(3)13-18-7-5-4-6-17(18)12-24-20(29)14-28-21(25-26-22(28)30)16-8-10-19(23)11-9-16/h4-11,15H,12-14H2,1-3H3,(H,24,29)(H,26,30). The molecule has 8 heteroatoms. The van der Waals surface area contributed by atoms with Crippen LogP contribution in [0.3, 0.4) is 0 Å². The number of carbonyl (C=O) groups is 1. The molecule has 2 N–H and O–H groups in total. The third-order valence-corrected chi connectivity index (χ3v) is 5.62. The van der Waals surface area contributed by atoms with E-state index in [2.05, 4.69) is 47.4 Å². The summed E-state index contributed by atoms with van der Waals surface area (Å²) in [7, 11) is 2.10. The Morgan fingerprint density at radius 2 is 1.87 bits per heavy atom. The second-order valence-electron chi connectivity index (χ2n) is 7.50. The average molecular weight is 444 g/mol. The Kier molecular flexibility index (Phi) is 7.42. The van der Waals surface area contributed by atoms with Gasteiger partial charge in [-0.15, -0.1) is 0 Å². The summed E-state index contributed by atoms with van der Waals surface area (Å²) >= 11 is 11.3. The maximum atomic E-state index is 12.7. The van der Waals surface area contributed by atoms with Gasteiger partial charge in [0.25, 0.3) is 0 Å². The van der Waals surface area contributed by atoms with Gasteiger partial charge in [-0.25, -0.2) is 0 Å². The van der Waals surface area contributed by atoms with Gasteiger partial charge in [-0.2, -0.15) is 5.10 Å². The molecule has 0 bridgehead atoms. The van der Waals surface area contributed by atoms with Crippen LogP contribution in [0.25, 0.3) is 11.4 Å². The molecule has 1 amide bonds. The fourth-order valence-electron chi connectivity index (χ4n) is 3.01. The number of hydrogen-bond acceptors (Lipinski definition) is 4. The summed E-state index contributed by atoms with van der Waals surface area (Å²) in [6.45, 7) is 5.70. The van der Waals surface area contributed by atoms with Crippen LogP contribution in [0.4, 0.5) is 0 Å². The Morgan fingerprint density at radius 1 is 1.20 bits per heavy atom. The number of aromatic amines is 1. The number of aromatic nitrogens is 3. The fourth-order valence-corrected chi connectivity index (χ4v) is 3.34. The van der Waals surface area contributed by atoms with E-state index in [1.807, 2.05) is 30.3 Å². The van der Waals surface area contributed by atoms with Crippen LogP contribution in [0.1, 0.15) is 25.0 Å². The average Bonchev–Trinajstić information content (AvgIpc) is 3.08. The molecule has 0 aliphatic heterocycles. The molecule has 0 unspecified atom stereocenters. The van der Waals surface area contributed by atoms with E-state index < -0.39 is 0 Å².